The molecule has 0 radical (unpaired) electrons. The molecule has 4 aromatic heterocycles. The average molecular weight is 889 g/mol. The Morgan fingerprint density at radius 3 is 2.39 bits per heavy atom. The van der Waals surface area contributed by atoms with Gasteiger partial charge >= 0.3 is 21.1 Å². The maximum atomic E-state index is 7.15. The third kappa shape index (κ3) is 5.64. The minimum atomic E-state index is -0.708. The first-order valence-corrected chi connectivity index (χ1v) is 18.5. The Bertz CT molecular complexity index is 2650. The first-order valence-electron chi connectivity index (χ1n) is 18.5. The molecule has 6 nitrogen and oxygen atoms in total. The van der Waals surface area contributed by atoms with E-state index in [0.29, 0.717) is 17.4 Å². The van der Waals surface area contributed by atoms with Crippen molar-refractivity contribution < 1.29 is 25.8 Å². The molecule has 54 heavy (non-hydrogen) atoms. The van der Waals surface area contributed by atoms with Crippen LogP contribution in [0.1, 0.15) is 87.9 Å². The number of rotatable bonds is 4. The summed E-state index contributed by atoms with van der Waals surface area (Å²) in [5.74, 6) is 1.40. The van der Waals surface area contributed by atoms with Gasteiger partial charge in [-0.2, -0.15) is 0 Å². The minimum absolute atomic E-state index is 0. The van der Waals surface area contributed by atoms with E-state index < -0.39 is 11.1 Å². The van der Waals surface area contributed by atoms with Crippen molar-refractivity contribution >= 4 is 27.7 Å². The van der Waals surface area contributed by atoms with Crippen LogP contribution >= 0.6 is 0 Å². The maximum absolute atomic E-state index is 7.15. The molecule has 0 saturated heterocycles. The van der Waals surface area contributed by atoms with Gasteiger partial charge in [-0.15, -0.1) is 23.8 Å². The summed E-state index contributed by atoms with van der Waals surface area (Å²) in [6.45, 7) is 17.5. The van der Waals surface area contributed by atoms with Crippen LogP contribution in [0.15, 0.2) is 102 Å². The summed E-state index contributed by atoms with van der Waals surface area (Å²) in [5, 5.41) is 2.09. The van der Waals surface area contributed by atoms with Crippen LogP contribution in [0, 0.1) is 19.1 Å². The van der Waals surface area contributed by atoms with Crippen molar-refractivity contribution in [1.29, 1.82) is 0 Å². The molecule has 5 heterocycles. The molecule has 0 amide bonds. The van der Waals surface area contributed by atoms with Crippen molar-refractivity contribution in [3.05, 3.63) is 143 Å². The molecule has 7 heteroatoms. The third-order valence-electron chi connectivity index (χ3n) is 11.4. The quantitative estimate of drug-likeness (QED) is 0.165. The molecule has 272 valence electrons. The van der Waals surface area contributed by atoms with Crippen molar-refractivity contribution in [2.75, 3.05) is 0 Å². The molecule has 0 unspecified atom stereocenters. The van der Waals surface area contributed by atoms with Crippen molar-refractivity contribution in [1.82, 2.24) is 19.5 Å². The van der Waals surface area contributed by atoms with Crippen LogP contribution in [0.4, 0.5) is 0 Å². The molecule has 1 aliphatic carbocycles. The molecule has 3 aromatic carbocycles. The average Bonchev–Trinajstić information content (AvgIpc) is 3.58. The van der Waals surface area contributed by atoms with Gasteiger partial charge in [-0.25, -0.2) is 0 Å². The first-order chi connectivity index (χ1) is 25.3. The van der Waals surface area contributed by atoms with E-state index in [2.05, 4.69) is 157 Å². The second kappa shape index (κ2) is 12.8. The molecule has 0 N–H and O–H groups in total. The standard InChI is InChI=1S/C47H43N5O.Pt/c1-28(2)38-22-31(44-51-46(7)26-30-13-9-10-14-33(30)34-15-11-12-16-37(34)47(46,8)53-44)23-43(50-38)52-41-18-17-29(3)21-35(41)36-27-49-40(25-42(36)52)39-24-32(19-20-48-39)45(4,5)6;/h9-22,24,27-28H,26H2,1-8H3;/q-2;+2/t46-,47+;/m1./s1. The molecule has 0 saturated carbocycles. The Kier molecular flexibility index (Phi) is 8.58. The number of fused-ring (bicyclic) bond motifs is 8. The maximum Gasteiger partial charge on any atom is 2.00 e. The van der Waals surface area contributed by atoms with Crippen molar-refractivity contribution in [3.63, 3.8) is 0 Å². The molecule has 0 bridgehead atoms. The van der Waals surface area contributed by atoms with Gasteiger partial charge in [0.15, 0.2) is 0 Å². The summed E-state index contributed by atoms with van der Waals surface area (Å²) in [5.41, 5.74) is 11.0. The van der Waals surface area contributed by atoms with Crippen LogP contribution < -0.4 is 0 Å². The van der Waals surface area contributed by atoms with Gasteiger partial charge in [-0.3, -0.25) is 9.97 Å². The molecular formula is C47H43N5OPt. The van der Waals surface area contributed by atoms with Crippen LogP contribution in [0.3, 0.4) is 0 Å². The van der Waals surface area contributed by atoms with Gasteiger partial charge in [-0.05, 0) is 89.6 Å². The number of aromatic nitrogens is 4. The molecule has 0 fully saturated rings. The van der Waals surface area contributed by atoms with Crippen LogP contribution in [0.5, 0.6) is 0 Å². The van der Waals surface area contributed by atoms with Gasteiger partial charge in [0, 0.05) is 23.7 Å². The second-order valence-electron chi connectivity index (χ2n) is 16.4. The summed E-state index contributed by atoms with van der Waals surface area (Å²) < 4.78 is 9.32. The van der Waals surface area contributed by atoms with E-state index in [1.807, 2.05) is 12.4 Å². The Morgan fingerprint density at radius 2 is 1.61 bits per heavy atom. The first kappa shape index (κ1) is 36.1. The fourth-order valence-electron chi connectivity index (χ4n) is 8.10. The van der Waals surface area contributed by atoms with E-state index in [-0.39, 0.29) is 32.4 Å². The zero-order chi connectivity index (χ0) is 36.9. The Morgan fingerprint density at radius 1 is 0.852 bits per heavy atom. The molecule has 1 aliphatic heterocycles. The second-order valence-corrected chi connectivity index (χ2v) is 16.4. The van der Waals surface area contributed by atoms with Crippen molar-refractivity contribution in [2.24, 2.45) is 4.99 Å². The van der Waals surface area contributed by atoms with Gasteiger partial charge < -0.3 is 19.3 Å². The summed E-state index contributed by atoms with van der Waals surface area (Å²) >= 11 is 0. The Labute approximate surface area is 332 Å². The zero-order valence-electron chi connectivity index (χ0n) is 32.0. The van der Waals surface area contributed by atoms with Crippen LogP contribution in [-0.2, 0) is 43.2 Å². The molecular weight excluding hydrogens is 846 g/mol. The topological polar surface area (TPSA) is 65.2 Å². The summed E-state index contributed by atoms with van der Waals surface area (Å²) in [6, 6.07) is 37.5. The van der Waals surface area contributed by atoms with E-state index in [1.165, 1.54) is 27.8 Å². The molecule has 0 spiro atoms. The van der Waals surface area contributed by atoms with Crippen LogP contribution in [0.25, 0.3) is 50.1 Å². The monoisotopic (exact) mass is 888 g/mol. The number of nitrogens with zero attached hydrogens (tertiary/aromatic N) is 5. The van der Waals surface area contributed by atoms with Crippen molar-refractivity contribution in [3.8, 4) is 28.3 Å². The van der Waals surface area contributed by atoms with Gasteiger partial charge in [0.1, 0.15) is 11.5 Å². The third-order valence-corrected chi connectivity index (χ3v) is 11.4. The van der Waals surface area contributed by atoms with Gasteiger partial charge in [0.05, 0.1) is 11.4 Å². The van der Waals surface area contributed by atoms with E-state index in [9.17, 15) is 0 Å². The number of pyridine rings is 3. The number of hydrogen-bond acceptors (Lipinski definition) is 5. The molecule has 2 aliphatic rings. The Balaban J connectivity index is 0.00000413. The molecule has 7 aromatic rings. The summed E-state index contributed by atoms with van der Waals surface area (Å²) in [6.07, 6.45) is 4.56. The fraction of sp³-hybridized carbons (Fsp3) is 0.277. The van der Waals surface area contributed by atoms with Gasteiger partial charge in [-0.1, -0.05) is 123 Å². The summed E-state index contributed by atoms with van der Waals surface area (Å²) in [7, 11) is 0. The largest absolute Gasteiger partial charge is 2.00 e. The number of aliphatic imine (C=N–C) groups is 1. The minimum Gasteiger partial charge on any atom is -0.523 e. The molecule has 9 rings (SSSR count). The zero-order valence-corrected chi connectivity index (χ0v) is 34.3. The van der Waals surface area contributed by atoms with Crippen LogP contribution in [-0.4, -0.2) is 31.0 Å². The van der Waals surface area contributed by atoms with E-state index in [0.717, 1.165) is 50.7 Å². The summed E-state index contributed by atoms with van der Waals surface area (Å²) in [4.78, 5) is 20.4. The predicted molar refractivity (Wildman–Crippen MR) is 214 cm³/mol. The number of ether oxygens (including phenoxy) is 1. The number of aryl methyl sites for hydroxylation is 1. The van der Waals surface area contributed by atoms with Gasteiger partial charge in [0.2, 0.25) is 0 Å². The molecule has 2 atom stereocenters. The number of hydrogen-bond donors (Lipinski definition) is 0. The predicted octanol–water partition coefficient (Wildman–Crippen LogP) is 10.6. The Hall–Kier alpha value is -4.93. The normalized spacial score (nSPS) is 19.1. The fourth-order valence-corrected chi connectivity index (χ4v) is 8.10. The van der Waals surface area contributed by atoms with Crippen molar-refractivity contribution in [2.45, 2.75) is 84.3 Å². The van der Waals surface area contributed by atoms with E-state index in [1.54, 1.807) is 0 Å². The SMILES string of the molecule is Cc1ccc2c(c1)c1cnc(-c3cc(C(C)(C)C)ccn3)[c-]c1n2-c1[c-]c(C2=N[C@]3(C)Cc4ccccc4-c4ccccc4[C@]3(C)O2)cc(C(C)C)n1.[Pt+2]. The van der Waals surface area contributed by atoms with Gasteiger partial charge in [0.25, 0.3) is 0 Å². The number of benzene rings is 3. The smallest absolute Gasteiger partial charge is 0.523 e. The van der Waals surface area contributed by atoms with E-state index >= 15 is 0 Å². The van der Waals surface area contributed by atoms with Crippen LogP contribution in [0.2, 0.25) is 0 Å². The van der Waals surface area contributed by atoms with E-state index in [4.69, 9.17) is 24.7 Å².